The lowest BCUT2D eigenvalue weighted by Crippen LogP contribution is -2.38. The van der Waals surface area contributed by atoms with E-state index in [-0.39, 0.29) is 36.3 Å². The van der Waals surface area contributed by atoms with Gasteiger partial charge in [0.25, 0.3) is 0 Å². The molecule has 11 heteroatoms. The molecule has 3 aromatic heterocycles. The van der Waals surface area contributed by atoms with Crippen LogP contribution < -0.4 is 10.5 Å². The third kappa shape index (κ3) is 3.87. The topological polar surface area (TPSA) is 81.6 Å². The number of hydrogen-bond donors (Lipinski definition) is 1. The minimum absolute atomic E-state index is 0.0392. The van der Waals surface area contributed by atoms with E-state index in [1.165, 1.54) is 46.9 Å². The molecule has 0 amide bonds. The Labute approximate surface area is 185 Å². The van der Waals surface area contributed by atoms with Crippen molar-refractivity contribution in [1.82, 2.24) is 24.5 Å². The molecule has 1 aliphatic heterocycles. The number of pyridine rings is 2. The summed E-state index contributed by atoms with van der Waals surface area (Å²) in [5.74, 6) is -0.203. The van der Waals surface area contributed by atoms with Gasteiger partial charge in [-0.05, 0) is 30.2 Å². The molecule has 0 saturated carbocycles. The first-order valence-corrected chi connectivity index (χ1v) is 10.3. The van der Waals surface area contributed by atoms with Crippen molar-refractivity contribution in [3.05, 3.63) is 54.0 Å². The molecule has 0 bridgehead atoms. The fourth-order valence-corrected chi connectivity index (χ4v) is 4.31. The number of ether oxygens (including phenoxy) is 1. The zero-order valence-corrected chi connectivity index (χ0v) is 17.6. The predicted molar refractivity (Wildman–Crippen MR) is 113 cm³/mol. The zero-order valence-electron chi connectivity index (χ0n) is 17.6. The molecule has 33 heavy (non-hydrogen) atoms. The molecule has 1 aromatic carbocycles. The fourth-order valence-electron chi connectivity index (χ4n) is 4.31. The molecule has 1 fully saturated rings. The number of rotatable bonds is 4. The Morgan fingerprint density at radius 3 is 2.67 bits per heavy atom. The lowest BCUT2D eigenvalue weighted by atomic mass is 10.1. The van der Waals surface area contributed by atoms with Gasteiger partial charge in [0.1, 0.15) is 11.7 Å². The fraction of sp³-hybridized carbons (Fsp3) is 0.318. The predicted octanol–water partition coefficient (Wildman–Crippen LogP) is 3.73. The van der Waals surface area contributed by atoms with Gasteiger partial charge in [0.15, 0.2) is 23.0 Å². The first-order chi connectivity index (χ1) is 15.7. The summed E-state index contributed by atoms with van der Waals surface area (Å²) in [6.45, 7) is 0.435. The second-order valence-electron chi connectivity index (χ2n) is 8.08. The van der Waals surface area contributed by atoms with Crippen molar-refractivity contribution in [2.45, 2.75) is 24.7 Å². The van der Waals surface area contributed by atoms with E-state index >= 15 is 0 Å². The second kappa shape index (κ2) is 7.92. The SMILES string of the molecule is COc1cc2nc(-c3nnc4ccc([C@@H](N5CC[C@H](N)C5)C(F)(F)F)cn34)ccc2cc1F. The molecule has 4 heterocycles. The molecule has 172 valence electrons. The van der Waals surface area contributed by atoms with E-state index in [1.807, 2.05) is 0 Å². The average Bonchev–Trinajstić information content (AvgIpc) is 3.38. The Hall–Kier alpha value is -3.31. The normalized spacial score (nSPS) is 18.3. The van der Waals surface area contributed by atoms with Crippen LogP contribution in [0.15, 0.2) is 42.6 Å². The van der Waals surface area contributed by atoms with E-state index in [2.05, 4.69) is 15.2 Å². The van der Waals surface area contributed by atoms with Crippen LogP contribution in [-0.2, 0) is 0 Å². The lowest BCUT2D eigenvalue weighted by molar-refractivity contribution is -0.183. The maximum Gasteiger partial charge on any atom is 0.408 e. The van der Waals surface area contributed by atoms with Crippen LogP contribution in [0.1, 0.15) is 18.0 Å². The Bertz CT molecular complexity index is 1340. The van der Waals surface area contributed by atoms with Crippen LogP contribution in [0, 0.1) is 5.82 Å². The van der Waals surface area contributed by atoms with Gasteiger partial charge >= 0.3 is 6.18 Å². The molecule has 0 unspecified atom stereocenters. The Morgan fingerprint density at radius 2 is 1.97 bits per heavy atom. The Morgan fingerprint density at radius 1 is 1.15 bits per heavy atom. The molecular formula is C22H20F4N6O. The molecule has 0 radical (unpaired) electrons. The van der Waals surface area contributed by atoms with E-state index in [0.717, 1.165) is 0 Å². The monoisotopic (exact) mass is 460 g/mol. The van der Waals surface area contributed by atoms with Crippen molar-refractivity contribution in [2.24, 2.45) is 5.73 Å². The Balaban J connectivity index is 1.60. The van der Waals surface area contributed by atoms with Crippen LogP contribution >= 0.6 is 0 Å². The van der Waals surface area contributed by atoms with Crippen molar-refractivity contribution in [1.29, 1.82) is 0 Å². The highest BCUT2D eigenvalue weighted by atomic mass is 19.4. The van der Waals surface area contributed by atoms with E-state index in [1.54, 1.807) is 12.1 Å². The summed E-state index contributed by atoms with van der Waals surface area (Å²) in [5.41, 5.74) is 7.14. The maximum absolute atomic E-state index is 14.0. The third-order valence-corrected chi connectivity index (χ3v) is 5.86. The van der Waals surface area contributed by atoms with Gasteiger partial charge in [0.2, 0.25) is 0 Å². The molecule has 0 aliphatic carbocycles. The van der Waals surface area contributed by atoms with Crippen molar-refractivity contribution in [2.75, 3.05) is 20.2 Å². The first kappa shape index (κ1) is 21.5. The number of methoxy groups -OCH3 is 1. The number of fused-ring (bicyclic) bond motifs is 2. The van der Waals surface area contributed by atoms with E-state index < -0.39 is 18.0 Å². The molecule has 5 rings (SSSR count). The van der Waals surface area contributed by atoms with Gasteiger partial charge in [-0.25, -0.2) is 9.37 Å². The molecule has 1 saturated heterocycles. The molecule has 2 N–H and O–H groups in total. The average molecular weight is 460 g/mol. The summed E-state index contributed by atoms with van der Waals surface area (Å²) in [6, 6.07) is 6.89. The van der Waals surface area contributed by atoms with Crippen molar-refractivity contribution < 1.29 is 22.3 Å². The van der Waals surface area contributed by atoms with Gasteiger partial charge < -0.3 is 10.5 Å². The standard InChI is InChI=1S/C22H20F4N6O/c1-33-18-9-17-12(8-15(18)23)2-4-16(28-17)21-30-29-19-5-3-13(10-32(19)21)20(22(24,25)26)31-7-6-14(27)11-31/h2-5,8-10,14,20H,6-7,11,27H2,1H3/t14-,20+/m0/s1. The van der Waals surface area contributed by atoms with Gasteiger partial charge in [0, 0.05) is 36.8 Å². The van der Waals surface area contributed by atoms with Crippen LogP contribution in [-0.4, -0.2) is 56.9 Å². The van der Waals surface area contributed by atoms with Crippen LogP contribution in [0.3, 0.4) is 0 Å². The quantitative estimate of drug-likeness (QED) is 0.468. The van der Waals surface area contributed by atoms with Gasteiger partial charge in [0.05, 0.1) is 12.6 Å². The first-order valence-electron chi connectivity index (χ1n) is 10.3. The van der Waals surface area contributed by atoms with Gasteiger partial charge in [-0.3, -0.25) is 9.30 Å². The number of hydrogen-bond acceptors (Lipinski definition) is 6. The smallest absolute Gasteiger partial charge is 0.408 e. The largest absolute Gasteiger partial charge is 0.494 e. The second-order valence-corrected chi connectivity index (χ2v) is 8.08. The van der Waals surface area contributed by atoms with E-state index in [9.17, 15) is 17.6 Å². The van der Waals surface area contributed by atoms with Crippen LogP contribution in [0.25, 0.3) is 28.1 Å². The van der Waals surface area contributed by atoms with Gasteiger partial charge in [-0.15, -0.1) is 10.2 Å². The summed E-state index contributed by atoms with van der Waals surface area (Å²) in [4.78, 5) is 5.86. The lowest BCUT2D eigenvalue weighted by Gasteiger charge is -2.30. The molecule has 4 aromatic rings. The minimum atomic E-state index is -4.48. The van der Waals surface area contributed by atoms with Crippen LogP contribution in [0.4, 0.5) is 17.6 Å². The van der Waals surface area contributed by atoms with Crippen molar-refractivity contribution in [3.8, 4) is 17.3 Å². The molecule has 7 nitrogen and oxygen atoms in total. The maximum atomic E-state index is 14.0. The minimum Gasteiger partial charge on any atom is -0.494 e. The van der Waals surface area contributed by atoms with Crippen LogP contribution in [0.5, 0.6) is 5.75 Å². The third-order valence-electron chi connectivity index (χ3n) is 5.86. The molecular weight excluding hydrogens is 440 g/mol. The summed E-state index contributed by atoms with van der Waals surface area (Å²) < 4.78 is 62.6. The number of alkyl halides is 3. The molecule has 2 atom stereocenters. The summed E-state index contributed by atoms with van der Waals surface area (Å²) in [6.07, 6.45) is -2.57. The van der Waals surface area contributed by atoms with E-state index in [4.69, 9.17) is 10.5 Å². The summed E-state index contributed by atoms with van der Waals surface area (Å²) in [7, 11) is 1.35. The van der Waals surface area contributed by atoms with Gasteiger partial charge in [-0.2, -0.15) is 13.2 Å². The highest BCUT2D eigenvalue weighted by molar-refractivity contribution is 5.82. The summed E-state index contributed by atoms with van der Waals surface area (Å²) in [5, 5.41) is 8.75. The number of nitrogens with zero attached hydrogens (tertiary/aromatic N) is 5. The molecule has 0 spiro atoms. The van der Waals surface area contributed by atoms with Gasteiger partial charge in [-0.1, -0.05) is 12.1 Å². The summed E-state index contributed by atoms with van der Waals surface area (Å²) >= 11 is 0. The number of aromatic nitrogens is 4. The number of halogens is 4. The van der Waals surface area contributed by atoms with Crippen molar-refractivity contribution >= 4 is 16.6 Å². The highest BCUT2D eigenvalue weighted by Crippen LogP contribution is 2.39. The number of nitrogens with two attached hydrogens (primary N) is 1. The van der Waals surface area contributed by atoms with Crippen LogP contribution in [0.2, 0.25) is 0 Å². The number of benzene rings is 1. The zero-order chi connectivity index (χ0) is 23.3. The van der Waals surface area contributed by atoms with Crippen molar-refractivity contribution in [3.63, 3.8) is 0 Å². The van der Waals surface area contributed by atoms with E-state index in [0.29, 0.717) is 28.7 Å². The molecule has 1 aliphatic rings. The Kier molecular flexibility index (Phi) is 5.17. The number of likely N-dealkylation sites (tertiary alicyclic amines) is 1. The highest BCUT2D eigenvalue weighted by Gasteiger charge is 2.46.